The van der Waals surface area contributed by atoms with Crippen LogP contribution in [0.15, 0.2) is 52.3 Å². The van der Waals surface area contributed by atoms with Crippen LogP contribution in [-0.4, -0.2) is 13.0 Å². The van der Waals surface area contributed by atoms with Crippen molar-refractivity contribution in [3.8, 4) is 5.75 Å². The average molecular weight is 274 g/mol. The van der Waals surface area contributed by atoms with Crippen LogP contribution < -0.4 is 16.2 Å². The van der Waals surface area contributed by atoms with Crippen molar-refractivity contribution in [1.82, 2.24) is 0 Å². The Morgan fingerprint density at radius 2 is 2.00 bits per heavy atom. The van der Waals surface area contributed by atoms with Crippen molar-refractivity contribution in [1.29, 1.82) is 0 Å². The number of primary amides is 1. The lowest BCUT2D eigenvalue weighted by atomic mass is 10.2. The van der Waals surface area contributed by atoms with Crippen LogP contribution in [0.5, 0.6) is 5.75 Å². The van der Waals surface area contributed by atoms with Gasteiger partial charge in [0, 0.05) is 15.5 Å². The summed E-state index contributed by atoms with van der Waals surface area (Å²) >= 11 is 1.43. The molecule has 0 saturated heterocycles. The minimum absolute atomic E-state index is 0.460. The molecule has 2 aromatic carbocycles. The summed E-state index contributed by atoms with van der Waals surface area (Å²) in [6, 6.07) is 12.6. The summed E-state index contributed by atoms with van der Waals surface area (Å²) < 4.78 is 5.16. The standard InChI is InChI=1S/C14H14N2O2S/c1-18-10-3-2-4-11(8-10)19-13-7-9(15)5-6-12(13)14(16)17/h2-8H,15H2,1H3,(H2,16,17). The van der Waals surface area contributed by atoms with E-state index < -0.39 is 5.91 Å². The number of anilines is 1. The molecule has 0 heterocycles. The second-order valence-corrected chi connectivity index (χ2v) is 5.02. The Balaban J connectivity index is 2.36. The molecule has 1 amide bonds. The van der Waals surface area contributed by atoms with Crippen molar-refractivity contribution in [2.24, 2.45) is 5.73 Å². The number of methoxy groups -OCH3 is 1. The molecule has 98 valence electrons. The molecule has 2 aromatic rings. The number of amides is 1. The molecule has 0 saturated carbocycles. The summed E-state index contributed by atoms with van der Waals surface area (Å²) in [5, 5.41) is 0. The largest absolute Gasteiger partial charge is 0.497 e. The Kier molecular flexibility index (Phi) is 3.97. The van der Waals surface area contributed by atoms with Crippen LogP contribution in [0, 0.1) is 0 Å². The number of nitrogens with two attached hydrogens (primary N) is 2. The lowest BCUT2D eigenvalue weighted by molar-refractivity contribution is 0.0997. The average Bonchev–Trinajstić information content (AvgIpc) is 2.38. The molecular formula is C14H14N2O2S. The van der Waals surface area contributed by atoms with Crippen molar-refractivity contribution < 1.29 is 9.53 Å². The molecule has 0 bridgehead atoms. The maximum absolute atomic E-state index is 11.4. The minimum atomic E-state index is -0.467. The quantitative estimate of drug-likeness (QED) is 0.840. The van der Waals surface area contributed by atoms with E-state index in [0.29, 0.717) is 11.3 Å². The van der Waals surface area contributed by atoms with Crippen molar-refractivity contribution in [3.63, 3.8) is 0 Å². The fraction of sp³-hybridized carbons (Fsp3) is 0.0714. The highest BCUT2D eigenvalue weighted by atomic mass is 32.2. The molecule has 4 N–H and O–H groups in total. The third-order valence-corrected chi connectivity index (χ3v) is 3.59. The first-order valence-corrected chi connectivity index (χ1v) is 6.43. The molecule has 0 spiro atoms. The zero-order valence-electron chi connectivity index (χ0n) is 10.4. The zero-order valence-corrected chi connectivity index (χ0v) is 11.2. The van der Waals surface area contributed by atoms with Gasteiger partial charge in [-0.25, -0.2) is 0 Å². The van der Waals surface area contributed by atoms with Crippen molar-refractivity contribution >= 4 is 23.4 Å². The van der Waals surface area contributed by atoms with Crippen molar-refractivity contribution in [2.75, 3.05) is 12.8 Å². The monoisotopic (exact) mass is 274 g/mol. The number of benzene rings is 2. The van der Waals surface area contributed by atoms with Gasteiger partial charge in [0.05, 0.1) is 12.7 Å². The maximum atomic E-state index is 11.4. The zero-order chi connectivity index (χ0) is 13.8. The van der Waals surface area contributed by atoms with Gasteiger partial charge >= 0.3 is 0 Å². The Morgan fingerprint density at radius 3 is 2.68 bits per heavy atom. The molecule has 0 unspecified atom stereocenters. The number of hydrogen-bond donors (Lipinski definition) is 2. The minimum Gasteiger partial charge on any atom is -0.497 e. The van der Waals surface area contributed by atoms with Crippen LogP contribution in [0.25, 0.3) is 0 Å². The third-order valence-electron chi connectivity index (χ3n) is 2.54. The topological polar surface area (TPSA) is 78.3 Å². The fourth-order valence-electron chi connectivity index (χ4n) is 1.62. The van der Waals surface area contributed by atoms with Gasteiger partial charge in [-0.1, -0.05) is 17.8 Å². The van der Waals surface area contributed by atoms with Gasteiger partial charge in [0.2, 0.25) is 5.91 Å². The normalized spacial score (nSPS) is 10.2. The van der Waals surface area contributed by atoms with Crippen LogP contribution in [0.2, 0.25) is 0 Å². The van der Waals surface area contributed by atoms with E-state index in [1.807, 2.05) is 24.3 Å². The predicted molar refractivity (Wildman–Crippen MR) is 76.5 cm³/mol. The second-order valence-electron chi connectivity index (χ2n) is 3.90. The fourth-order valence-corrected chi connectivity index (χ4v) is 2.67. The first kappa shape index (κ1) is 13.3. The number of carbonyl (C=O) groups excluding carboxylic acids is 1. The Labute approximate surface area is 115 Å². The molecule has 0 radical (unpaired) electrons. The van der Waals surface area contributed by atoms with E-state index in [0.717, 1.165) is 15.5 Å². The van der Waals surface area contributed by atoms with E-state index in [2.05, 4.69) is 0 Å². The van der Waals surface area contributed by atoms with Gasteiger partial charge in [0.15, 0.2) is 0 Å². The van der Waals surface area contributed by atoms with Crippen molar-refractivity contribution in [2.45, 2.75) is 9.79 Å². The summed E-state index contributed by atoms with van der Waals surface area (Å²) in [7, 11) is 1.61. The number of carbonyl (C=O) groups is 1. The summed E-state index contributed by atoms with van der Waals surface area (Å²) in [6.07, 6.45) is 0. The highest BCUT2D eigenvalue weighted by Crippen LogP contribution is 2.33. The first-order valence-electron chi connectivity index (χ1n) is 5.61. The summed E-state index contributed by atoms with van der Waals surface area (Å²) in [6.45, 7) is 0. The molecule has 0 atom stereocenters. The van der Waals surface area contributed by atoms with E-state index in [1.54, 1.807) is 25.3 Å². The van der Waals surface area contributed by atoms with E-state index in [9.17, 15) is 4.79 Å². The molecule has 2 rings (SSSR count). The summed E-state index contributed by atoms with van der Waals surface area (Å²) in [5.74, 6) is 0.292. The number of ether oxygens (including phenoxy) is 1. The first-order chi connectivity index (χ1) is 9.10. The van der Waals surface area contributed by atoms with Gasteiger partial charge in [-0.05, 0) is 36.4 Å². The molecule has 5 heteroatoms. The van der Waals surface area contributed by atoms with Gasteiger partial charge in [-0.2, -0.15) is 0 Å². The summed E-state index contributed by atoms with van der Waals surface area (Å²) in [5.41, 5.74) is 12.2. The van der Waals surface area contributed by atoms with Crippen LogP contribution in [0.1, 0.15) is 10.4 Å². The molecule has 19 heavy (non-hydrogen) atoms. The van der Waals surface area contributed by atoms with Gasteiger partial charge in [0.25, 0.3) is 0 Å². The van der Waals surface area contributed by atoms with Crippen LogP contribution >= 0.6 is 11.8 Å². The predicted octanol–water partition coefficient (Wildman–Crippen LogP) is 2.53. The highest BCUT2D eigenvalue weighted by molar-refractivity contribution is 7.99. The molecule has 0 aliphatic carbocycles. The van der Waals surface area contributed by atoms with E-state index >= 15 is 0 Å². The third kappa shape index (κ3) is 3.20. The highest BCUT2D eigenvalue weighted by Gasteiger charge is 2.10. The van der Waals surface area contributed by atoms with Gasteiger partial charge < -0.3 is 16.2 Å². The number of rotatable bonds is 4. The van der Waals surface area contributed by atoms with Gasteiger partial charge in [-0.3, -0.25) is 4.79 Å². The Morgan fingerprint density at radius 1 is 1.21 bits per heavy atom. The van der Waals surface area contributed by atoms with E-state index in [1.165, 1.54) is 11.8 Å². The molecule has 0 aromatic heterocycles. The summed E-state index contributed by atoms with van der Waals surface area (Å²) in [4.78, 5) is 13.1. The van der Waals surface area contributed by atoms with E-state index in [4.69, 9.17) is 16.2 Å². The maximum Gasteiger partial charge on any atom is 0.249 e. The van der Waals surface area contributed by atoms with Crippen LogP contribution in [0.3, 0.4) is 0 Å². The lowest BCUT2D eigenvalue weighted by Crippen LogP contribution is -2.12. The Bertz CT molecular complexity index is 614. The van der Waals surface area contributed by atoms with Crippen molar-refractivity contribution in [3.05, 3.63) is 48.0 Å². The SMILES string of the molecule is COc1cccc(Sc2cc(N)ccc2C(N)=O)c1. The van der Waals surface area contributed by atoms with Gasteiger partial charge in [0.1, 0.15) is 5.75 Å². The second kappa shape index (κ2) is 5.67. The van der Waals surface area contributed by atoms with Gasteiger partial charge in [-0.15, -0.1) is 0 Å². The lowest BCUT2D eigenvalue weighted by Gasteiger charge is -2.08. The van der Waals surface area contributed by atoms with Crippen LogP contribution in [0.4, 0.5) is 5.69 Å². The molecule has 4 nitrogen and oxygen atoms in total. The molecule has 0 aliphatic heterocycles. The number of nitrogen functional groups attached to an aromatic ring is 1. The Hall–Kier alpha value is -2.14. The number of hydrogen-bond acceptors (Lipinski definition) is 4. The smallest absolute Gasteiger partial charge is 0.249 e. The van der Waals surface area contributed by atoms with E-state index in [-0.39, 0.29) is 0 Å². The van der Waals surface area contributed by atoms with Crippen LogP contribution in [-0.2, 0) is 0 Å². The molecule has 0 fully saturated rings. The molecule has 0 aliphatic rings. The molecular weight excluding hydrogens is 260 g/mol.